The number of rotatable bonds is 2. The molecule has 2 heterocycles. The van der Waals surface area contributed by atoms with Gasteiger partial charge in [0.05, 0.1) is 19.9 Å². The Balaban J connectivity index is 2.17. The summed E-state index contributed by atoms with van der Waals surface area (Å²) >= 11 is 0. The summed E-state index contributed by atoms with van der Waals surface area (Å²) in [5.41, 5.74) is 8.68. The molecule has 0 atom stereocenters. The second-order valence-electron chi connectivity index (χ2n) is 4.34. The predicted molar refractivity (Wildman–Crippen MR) is 69.9 cm³/mol. The Kier molecular flexibility index (Phi) is 2.79. The summed E-state index contributed by atoms with van der Waals surface area (Å²) in [4.78, 5) is 0. The minimum Gasteiger partial charge on any atom is -0.496 e. The second kappa shape index (κ2) is 4.47. The Bertz CT molecular complexity index is 622. The van der Waals surface area contributed by atoms with Crippen molar-refractivity contribution in [2.75, 3.05) is 19.6 Å². The van der Waals surface area contributed by atoms with E-state index in [0.717, 1.165) is 28.2 Å². The summed E-state index contributed by atoms with van der Waals surface area (Å²) in [6.45, 7) is 0.787. The van der Waals surface area contributed by atoms with Crippen LogP contribution in [0.4, 0.5) is 5.82 Å². The van der Waals surface area contributed by atoms with E-state index in [1.165, 1.54) is 0 Å². The van der Waals surface area contributed by atoms with Gasteiger partial charge < -0.3 is 19.9 Å². The van der Waals surface area contributed by atoms with Crippen LogP contribution in [0.5, 0.6) is 11.5 Å². The number of hydrogen-bond acceptors (Lipinski definition) is 5. The van der Waals surface area contributed by atoms with E-state index in [1.807, 2.05) is 12.1 Å². The number of fused-ring (bicyclic) bond motifs is 1. The summed E-state index contributed by atoms with van der Waals surface area (Å²) in [6, 6.07) is 3.83. The van der Waals surface area contributed by atoms with Gasteiger partial charge in [0.2, 0.25) is 0 Å². The number of aromatic nitrogens is 2. The average molecular weight is 261 g/mol. The zero-order chi connectivity index (χ0) is 13.4. The molecule has 6 heteroatoms. The minimum atomic E-state index is 0.265. The first-order valence-corrected chi connectivity index (χ1v) is 5.90. The average Bonchev–Trinajstić information content (AvgIpc) is 2.77. The molecule has 1 aliphatic heterocycles. The molecule has 2 aromatic rings. The maximum absolute atomic E-state index is 6.01. The normalized spacial score (nSPS) is 13.8. The highest BCUT2D eigenvalue weighted by Gasteiger charge is 2.19. The van der Waals surface area contributed by atoms with Crippen LogP contribution < -0.4 is 15.2 Å². The quantitative estimate of drug-likeness (QED) is 0.888. The van der Waals surface area contributed by atoms with Gasteiger partial charge in [-0.1, -0.05) is 0 Å². The van der Waals surface area contributed by atoms with Crippen molar-refractivity contribution < 1.29 is 14.2 Å². The molecular weight excluding hydrogens is 246 g/mol. The van der Waals surface area contributed by atoms with Crippen molar-refractivity contribution in [3.05, 3.63) is 23.9 Å². The predicted octanol–water partition coefficient (Wildman–Crippen LogP) is 1.54. The zero-order valence-corrected chi connectivity index (χ0v) is 10.8. The van der Waals surface area contributed by atoms with Crippen LogP contribution in [0.2, 0.25) is 0 Å². The molecular formula is C13H15N3O3. The molecule has 0 saturated heterocycles. The number of methoxy groups -OCH3 is 1. The molecule has 0 amide bonds. The van der Waals surface area contributed by atoms with E-state index in [4.69, 9.17) is 19.9 Å². The first kappa shape index (κ1) is 11.9. The van der Waals surface area contributed by atoms with E-state index < -0.39 is 0 Å². The third kappa shape index (κ3) is 1.90. The molecule has 0 unspecified atom stereocenters. The molecule has 1 aliphatic rings. The van der Waals surface area contributed by atoms with Crippen LogP contribution in [-0.2, 0) is 18.4 Å². The third-order valence-corrected chi connectivity index (χ3v) is 3.21. The Labute approximate surface area is 110 Å². The van der Waals surface area contributed by atoms with Gasteiger partial charge in [-0.05, 0) is 12.1 Å². The highest BCUT2D eigenvalue weighted by molar-refractivity contribution is 5.80. The second-order valence-corrected chi connectivity index (χ2v) is 4.34. The molecule has 3 rings (SSSR count). The van der Waals surface area contributed by atoms with Gasteiger partial charge in [-0.15, -0.1) is 0 Å². The van der Waals surface area contributed by atoms with E-state index in [9.17, 15) is 0 Å². The topological polar surface area (TPSA) is 71.5 Å². The van der Waals surface area contributed by atoms with Gasteiger partial charge in [-0.2, -0.15) is 5.10 Å². The van der Waals surface area contributed by atoms with Crippen molar-refractivity contribution in [2.24, 2.45) is 7.05 Å². The number of hydrogen-bond donors (Lipinski definition) is 1. The van der Waals surface area contributed by atoms with Gasteiger partial charge >= 0.3 is 0 Å². The van der Waals surface area contributed by atoms with Crippen molar-refractivity contribution in [2.45, 2.75) is 6.61 Å². The Hall–Kier alpha value is -2.21. The van der Waals surface area contributed by atoms with Crippen LogP contribution >= 0.6 is 0 Å². The third-order valence-electron chi connectivity index (χ3n) is 3.21. The van der Waals surface area contributed by atoms with Crippen LogP contribution in [-0.4, -0.2) is 23.7 Å². The Morgan fingerprint density at radius 2 is 2.21 bits per heavy atom. The summed E-state index contributed by atoms with van der Waals surface area (Å²) in [5, 5.41) is 4.15. The van der Waals surface area contributed by atoms with Crippen LogP contribution in [0.1, 0.15) is 5.56 Å². The van der Waals surface area contributed by atoms with Crippen molar-refractivity contribution in [1.82, 2.24) is 9.78 Å². The summed E-state index contributed by atoms with van der Waals surface area (Å²) < 4.78 is 17.8. The van der Waals surface area contributed by atoms with Crippen molar-refractivity contribution in [1.29, 1.82) is 0 Å². The fourth-order valence-electron chi connectivity index (χ4n) is 2.14. The van der Waals surface area contributed by atoms with Crippen LogP contribution in [0.3, 0.4) is 0 Å². The fourth-order valence-corrected chi connectivity index (χ4v) is 2.14. The molecule has 0 aliphatic carbocycles. The number of nitrogen functional groups attached to an aromatic ring is 1. The first-order chi connectivity index (χ1) is 9.20. The molecule has 0 spiro atoms. The molecule has 0 radical (unpaired) electrons. The lowest BCUT2D eigenvalue weighted by Crippen LogP contribution is -2.11. The van der Waals surface area contributed by atoms with Gasteiger partial charge in [0.25, 0.3) is 0 Å². The minimum absolute atomic E-state index is 0.265. The maximum atomic E-state index is 6.01. The molecule has 0 bridgehead atoms. The highest BCUT2D eigenvalue weighted by atomic mass is 16.7. The summed E-state index contributed by atoms with van der Waals surface area (Å²) in [7, 11) is 3.43. The van der Waals surface area contributed by atoms with Crippen LogP contribution in [0.15, 0.2) is 18.3 Å². The fraction of sp³-hybridized carbons (Fsp3) is 0.308. The lowest BCUT2D eigenvalue weighted by molar-refractivity contribution is -0.0164. The summed E-state index contributed by atoms with van der Waals surface area (Å²) in [5.74, 6) is 2.11. The molecule has 1 aromatic heterocycles. The van der Waals surface area contributed by atoms with Crippen LogP contribution in [0, 0.1) is 0 Å². The molecule has 100 valence electrons. The van der Waals surface area contributed by atoms with Gasteiger partial charge in [-0.3, -0.25) is 4.68 Å². The smallest absolute Gasteiger partial charge is 0.189 e. The molecule has 6 nitrogen and oxygen atoms in total. The number of anilines is 1. The number of ether oxygens (including phenoxy) is 3. The van der Waals surface area contributed by atoms with Crippen molar-refractivity contribution in [3.63, 3.8) is 0 Å². The molecule has 0 saturated carbocycles. The number of nitrogens with zero attached hydrogens (tertiary/aromatic N) is 2. The Morgan fingerprint density at radius 1 is 1.37 bits per heavy atom. The van der Waals surface area contributed by atoms with E-state index in [-0.39, 0.29) is 6.79 Å². The van der Waals surface area contributed by atoms with Gasteiger partial charge in [0.1, 0.15) is 17.3 Å². The highest BCUT2D eigenvalue weighted by Crippen LogP contribution is 2.39. The lowest BCUT2D eigenvalue weighted by Gasteiger charge is -2.20. The molecule has 0 fully saturated rings. The SMILES string of the molecule is COc1cc2c(cc1-c1cnn(C)c1N)OCOC2. The van der Waals surface area contributed by atoms with Crippen molar-refractivity contribution >= 4 is 5.82 Å². The van der Waals surface area contributed by atoms with E-state index in [0.29, 0.717) is 12.4 Å². The van der Waals surface area contributed by atoms with E-state index >= 15 is 0 Å². The molecule has 2 N–H and O–H groups in total. The molecule has 19 heavy (non-hydrogen) atoms. The zero-order valence-electron chi connectivity index (χ0n) is 10.8. The monoisotopic (exact) mass is 261 g/mol. The number of nitrogens with two attached hydrogens (primary N) is 1. The lowest BCUT2D eigenvalue weighted by atomic mass is 10.0. The summed E-state index contributed by atoms with van der Waals surface area (Å²) in [6.07, 6.45) is 1.72. The van der Waals surface area contributed by atoms with Crippen LogP contribution in [0.25, 0.3) is 11.1 Å². The van der Waals surface area contributed by atoms with Gasteiger partial charge in [0.15, 0.2) is 6.79 Å². The van der Waals surface area contributed by atoms with E-state index in [2.05, 4.69) is 5.10 Å². The van der Waals surface area contributed by atoms with Gasteiger partial charge in [0, 0.05) is 23.7 Å². The number of aryl methyl sites for hydroxylation is 1. The van der Waals surface area contributed by atoms with Crippen molar-refractivity contribution in [3.8, 4) is 22.6 Å². The van der Waals surface area contributed by atoms with Gasteiger partial charge in [-0.25, -0.2) is 0 Å². The Morgan fingerprint density at radius 3 is 2.89 bits per heavy atom. The van der Waals surface area contributed by atoms with E-state index in [1.54, 1.807) is 25.0 Å². The maximum Gasteiger partial charge on any atom is 0.189 e. The largest absolute Gasteiger partial charge is 0.496 e. The molecule has 1 aromatic carbocycles. The first-order valence-electron chi connectivity index (χ1n) is 5.90. The number of benzene rings is 1. The standard InChI is InChI=1S/C13H15N3O3/c1-16-13(14)10(5-15-16)9-4-11-8(3-12(9)17-2)6-18-7-19-11/h3-5H,6-7,14H2,1-2H3.